The van der Waals surface area contributed by atoms with Gasteiger partial charge < -0.3 is 10.1 Å². The van der Waals surface area contributed by atoms with E-state index in [0.717, 1.165) is 35.7 Å². The molecule has 1 fully saturated rings. The van der Waals surface area contributed by atoms with Gasteiger partial charge in [-0.1, -0.05) is 13.3 Å². The molecule has 0 aliphatic heterocycles. The quantitative estimate of drug-likeness (QED) is 0.914. The first-order valence-corrected chi connectivity index (χ1v) is 7.70. The van der Waals surface area contributed by atoms with Crippen molar-refractivity contribution in [2.75, 3.05) is 19.0 Å². The number of aryl methyl sites for hydroxylation is 1. The Labute approximate surface area is 122 Å². The van der Waals surface area contributed by atoms with Gasteiger partial charge in [0, 0.05) is 24.9 Å². The van der Waals surface area contributed by atoms with Crippen molar-refractivity contribution in [3.05, 3.63) is 17.1 Å². The fourth-order valence-electron chi connectivity index (χ4n) is 3.25. The van der Waals surface area contributed by atoms with Crippen LogP contribution >= 0.6 is 0 Å². The molecule has 1 aromatic rings. The van der Waals surface area contributed by atoms with Gasteiger partial charge in [0.25, 0.3) is 0 Å². The van der Waals surface area contributed by atoms with Gasteiger partial charge in [-0.3, -0.25) is 0 Å². The lowest BCUT2D eigenvalue weighted by molar-refractivity contribution is -0.0881. The maximum Gasteiger partial charge on any atom is 0.162 e. The number of nitrogens with one attached hydrogen (secondary N) is 1. The van der Waals surface area contributed by atoms with Crippen LogP contribution in [0.2, 0.25) is 0 Å². The van der Waals surface area contributed by atoms with E-state index in [0.29, 0.717) is 12.5 Å². The van der Waals surface area contributed by atoms with Crippen molar-refractivity contribution in [2.45, 2.75) is 59.0 Å². The molecule has 2 unspecified atom stereocenters. The Morgan fingerprint density at radius 1 is 1.35 bits per heavy atom. The predicted octanol–water partition coefficient (Wildman–Crippen LogP) is 3.58. The maximum atomic E-state index is 6.17. The predicted molar refractivity (Wildman–Crippen MR) is 82.0 cm³/mol. The standard InChI is InChI=1S/C16H27N3O/c1-6-20-16(9-7-8-11(2)10-16)15-18-13(4)12(3)14(17-5)19-15/h11H,6-10H2,1-5H3,(H,17,18,19). The van der Waals surface area contributed by atoms with Crippen LogP contribution in [-0.4, -0.2) is 23.6 Å². The van der Waals surface area contributed by atoms with E-state index in [2.05, 4.69) is 26.1 Å². The molecule has 0 bridgehead atoms. The zero-order chi connectivity index (χ0) is 14.8. The average molecular weight is 277 g/mol. The molecule has 1 N–H and O–H groups in total. The molecular formula is C16H27N3O. The van der Waals surface area contributed by atoms with Crippen molar-refractivity contribution in [3.63, 3.8) is 0 Å². The summed E-state index contributed by atoms with van der Waals surface area (Å²) in [5.41, 5.74) is 1.86. The molecular weight excluding hydrogens is 250 g/mol. The van der Waals surface area contributed by atoms with E-state index in [1.165, 1.54) is 12.8 Å². The Balaban J connectivity index is 2.46. The number of ether oxygens (including phenoxy) is 1. The zero-order valence-corrected chi connectivity index (χ0v) is 13.4. The second-order valence-electron chi connectivity index (χ2n) is 5.99. The van der Waals surface area contributed by atoms with Crippen LogP contribution < -0.4 is 5.32 Å². The molecule has 112 valence electrons. The highest BCUT2D eigenvalue weighted by Crippen LogP contribution is 2.42. The van der Waals surface area contributed by atoms with Gasteiger partial charge in [-0.15, -0.1) is 0 Å². The third-order valence-electron chi connectivity index (χ3n) is 4.41. The van der Waals surface area contributed by atoms with Gasteiger partial charge in [0.2, 0.25) is 0 Å². The monoisotopic (exact) mass is 277 g/mol. The molecule has 0 aromatic carbocycles. The molecule has 1 heterocycles. The molecule has 0 spiro atoms. The summed E-state index contributed by atoms with van der Waals surface area (Å²) < 4.78 is 6.17. The first-order chi connectivity index (χ1) is 9.52. The lowest BCUT2D eigenvalue weighted by Gasteiger charge is -2.38. The van der Waals surface area contributed by atoms with Crippen LogP contribution in [0.1, 0.15) is 56.6 Å². The van der Waals surface area contributed by atoms with Crippen molar-refractivity contribution in [3.8, 4) is 0 Å². The summed E-state index contributed by atoms with van der Waals surface area (Å²) in [6, 6.07) is 0. The highest BCUT2D eigenvalue weighted by Gasteiger charge is 2.40. The van der Waals surface area contributed by atoms with Gasteiger partial charge in [0.15, 0.2) is 5.82 Å². The summed E-state index contributed by atoms with van der Waals surface area (Å²) in [7, 11) is 1.91. The highest BCUT2D eigenvalue weighted by atomic mass is 16.5. The second-order valence-corrected chi connectivity index (χ2v) is 5.99. The molecule has 1 aromatic heterocycles. The lowest BCUT2D eigenvalue weighted by atomic mass is 9.78. The summed E-state index contributed by atoms with van der Waals surface area (Å²) >= 11 is 0. The smallest absolute Gasteiger partial charge is 0.162 e. The van der Waals surface area contributed by atoms with Crippen molar-refractivity contribution in [2.24, 2.45) is 5.92 Å². The van der Waals surface area contributed by atoms with Crippen molar-refractivity contribution < 1.29 is 4.74 Å². The van der Waals surface area contributed by atoms with Gasteiger partial charge in [0.1, 0.15) is 11.4 Å². The fourth-order valence-corrected chi connectivity index (χ4v) is 3.25. The number of anilines is 1. The summed E-state index contributed by atoms with van der Waals surface area (Å²) in [6.07, 6.45) is 4.51. The van der Waals surface area contributed by atoms with Crippen LogP contribution in [0.15, 0.2) is 0 Å². The van der Waals surface area contributed by atoms with E-state index in [4.69, 9.17) is 14.7 Å². The maximum absolute atomic E-state index is 6.17. The minimum Gasteiger partial charge on any atom is -0.373 e. The van der Waals surface area contributed by atoms with Gasteiger partial charge in [-0.25, -0.2) is 9.97 Å². The third-order valence-corrected chi connectivity index (χ3v) is 4.41. The van der Waals surface area contributed by atoms with E-state index in [1.807, 2.05) is 14.0 Å². The Bertz CT molecular complexity index is 471. The average Bonchev–Trinajstić information content (AvgIpc) is 2.42. The van der Waals surface area contributed by atoms with Crippen LogP contribution in [0.4, 0.5) is 5.82 Å². The molecule has 2 rings (SSSR count). The molecule has 20 heavy (non-hydrogen) atoms. The third kappa shape index (κ3) is 2.80. The normalized spacial score (nSPS) is 26.6. The minimum absolute atomic E-state index is 0.295. The Hall–Kier alpha value is -1.16. The van der Waals surface area contributed by atoms with Gasteiger partial charge in [0.05, 0.1) is 0 Å². The van der Waals surface area contributed by atoms with E-state index in [-0.39, 0.29) is 5.60 Å². The van der Waals surface area contributed by atoms with E-state index in [1.54, 1.807) is 0 Å². The molecule has 1 saturated carbocycles. The van der Waals surface area contributed by atoms with Crippen LogP contribution in [0.5, 0.6) is 0 Å². The number of aromatic nitrogens is 2. The number of hydrogen-bond donors (Lipinski definition) is 1. The van der Waals surface area contributed by atoms with Crippen molar-refractivity contribution in [1.82, 2.24) is 9.97 Å². The SMILES string of the molecule is CCOC1(c2nc(C)c(C)c(NC)n2)CCCC(C)C1. The van der Waals surface area contributed by atoms with E-state index < -0.39 is 0 Å². The topological polar surface area (TPSA) is 47.0 Å². The fraction of sp³-hybridized carbons (Fsp3) is 0.750. The number of nitrogens with zero attached hydrogens (tertiary/aromatic N) is 2. The number of hydrogen-bond acceptors (Lipinski definition) is 4. The molecule has 0 saturated heterocycles. The Morgan fingerprint density at radius 2 is 2.10 bits per heavy atom. The highest BCUT2D eigenvalue weighted by molar-refractivity contribution is 5.45. The Morgan fingerprint density at radius 3 is 2.70 bits per heavy atom. The molecule has 0 radical (unpaired) electrons. The van der Waals surface area contributed by atoms with Gasteiger partial charge >= 0.3 is 0 Å². The molecule has 1 aliphatic rings. The zero-order valence-electron chi connectivity index (χ0n) is 13.4. The second kappa shape index (κ2) is 6.08. The van der Waals surface area contributed by atoms with Crippen molar-refractivity contribution in [1.29, 1.82) is 0 Å². The van der Waals surface area contributed by atoms with Gasteiger partial charge in [-0.2, -0.15) is 0 Å². The summed E-state index contributed by atoms with van der Waals surface area (Å²) in [5.74, 6) is 2.45. The molecule has 4 heteroatoms. The molecule has 4 nitrogen and oxygen atoms in total. The largest absolute Gasteiger partial charge is 0.373 e. The minimum atomic E-state index is -0.295. The Kier molecular flexibility index (Phi) is 4.63. The van der Waals surface area contributed by atoms with Crippen LogP contribution in [0, 0.1) is 19.8 Å². The molecule has 2 atom stereocenters. The van der Waals surface area contributed by atoms with E-state index >= 15 is 0 Å². The number of rotatable bonds is 4. The van der Waals surface area contributed by atoms with Crippen molar-refractivity contribution >= 4 is 5.82 Å². The first kappa shape index (κ1) is 15.2. The summed E-state index contributed by atoms with van der Waals surface area (Å²) in [4.78, 5) is 9.51. The summed E-state index contributed by atoms with van der Waals surface area (Å²) in [6.45, 7) is 9.17. The summed E-state index contributed by atoms with van der Waals surface area (Å²) in [5, 5.41) is 3.18. The molecule has 1 aliphatic carbocycles. The lowest BCUT2D eigenvalue weighted by Crippen LogP contribution is -2.37. The van der Waals surface area contributed by atoms with E-state index in [9.17, 15) is 0 Å². The van der Waals surface area contributed by atoms with Crippen LogP contribution in [0.25, 0.3) is 0 Å². The molecule has 0 amide bonds. The first-order valence-electron chi connectivity index (χ1n) is 7.70. The van der Waals surface area contributed by atoms with Gasteiger partial charge in [-0.05, 0) is 46.0 Å². The van der Waals surface area contributed by atoms with Crippen LogP contribution in [-0.2, 0) is 10.3 Å². The van der Waals surface area contributed by atoms with Crippen LogP contribution in [0.3, 0.4) is 0 Å².